The van der Waals surface area contributed by atoms with Crippen LogP contribution in [0.3, 0.4) is 0 Å². The van der Waals surface area contributed by atoms with Gasteiger partial charge in [0.25, 0.3) is 11.6 Å². The molecule has 1 rings (SSSR count). The minimum atomic E-state index is -0.919. The Hall–Kier alpha value is -2.00. The number of benzene rings is 1. The van der Waals surface area contributed by atoms with Gasteiger partial charge in [0.15, 0.2) is 0 Å². The van der Waals surface area contributed by atoms with Crippen molar-refractivity contribution in [2.24, 2.45) is 11.8 Å². The molecule has 9 heteroatoms. The largest absolute Gasteiger partial charge is 0.350 e. The molecule has 8 nitrogen and oxygen atoms in total. The fourth-order valence-electron chi connectivity index (χ4n) is 2.25. The lowest BCUT2D eigenvalue weighted by atomic mass is 10.00. The molecule has 0 aliphatic carbocycles. The number of nitrogens with zero attached hydrogens (tertiary/aromatic N) is 2. The second-order valence-electron chi connectivity index (χ2n) is 7.06. The molecule has 0 heterocycles. The number of nitro benzene ring substituents is 1. The molecule has 1 aromatic rings. The number of carbonyl (C=O) groups is 2. The molecular formula is C16H23BrN4O4. The third kappa shape index (κ3) is 5.50. The topological polar surface area (TPSA) is 119 Å². The summed E-state index contributed by atoms with van der Waals surface area (Å²) in [5, 5.41) is 14.6. The van der Waals surface area contributed by atoms with E-state index in [1.807, 2.05) is 20.8 Å². The van der Waals surface area contributed by atoms with Gasteiger partial charge in [-0.3, -0.25) is 24.7 Å². The maximum atomic E-state index is 12.7. The average molecular weight is 415 g/mol. The van der Waals surface area contributed by atoms with Crippen LogP contribution in [0.2, 0.25) is 0 Å². The van der Waals surface area contributed by atoms with Gasteiger partial charge in [0.05, 0.1) is 10.5 Å². The molecule has 1 atom stereocenters. The number of rotatable bonds is 5. The normalized spacial score (nSPS) is 12.6. The highest BCUT2D eigenvalue weighted by Crippen LogP contribution is 2.24. The Bertz CT molecular complexity index is 685. The summed E-state index contributed by atoms with van der Waals surface area (Å²) in [5.74, 6) is 4.61. The van der Waals surface area contributed by atoms with Gasteiger partial charge in [-0.2, -0.15) is 0 Å². The Balaban J connectivity index is 3.19. The third-order valence-corrected chi connectivity index (χ3v) is 4.02. The monoisotopic (exact) mass is 414 g/mol. The second-order valence-corrected chi connectivity index (χ2v) is 7.92. The lowest BCUT2D eigenvalue weighted by Gasteiger charge is -2.32. The molecule has 0 spiro atoms. The number of hydrogen-bond donors (Lipinski definition) is 2. The van der Waals surface area contributed by atoms with Gasteiger partial charge in [0.1, 0.15) is 6.04 Å². The number of amides is 2. The minimum Gasteiger partial charge on any atom is -0.350 e. The molecule has 0 aliphatic heterocycles. The number of hydrogen-bond acceptors (Lipinski definition) is 5. The Kier molecular flexibility index (Phi) is 6.67. The van der Waals surface area contributed by atoms with Crippen LogP contribution in [0.4, 0.5) is 5.69 Å². The molecule has 25 heavy (non-hydrogen) atoms. The fraction of sp³-hybridized carbons (Fsp3) is 0.500. The highest BCUT2D eigenvalue weighted by atomic mass is 79.9. The average Bonchev–Trinajstić information content (AvgIpc) is 2.44. The zero-order valence-corrected chi connectivity index (χ0v) is 16.5. The van der Waals surface area contributed by atoms with Gasteiger partial charge < -0.3 is 5.32 Å². The van der Waals surface area contributed by atoms with Crippen molar-refractivity contribution in [3.05, 3.63) is 38.3 Å². The van der Waals surface area contributed by atoms with Gasteiger partial charge in [0.2, 0.25) is 5.91 Å². The molecule has 3 N–H and O–H groups in total. The van der Waals surface area contributed by atoms with Gasteiger partial charge >= 0.3 is 0 Å². The van der Waals surface area contributed by atoms with E-state index in [1.54, 1.807) is 13.8 Å². The van der Waals surface area contributed by atoms with Gasteiger partial charge in [-0.1, -0.05) is 13.8 Å². The van der Waals surface area contributed by atoms with Crippen LogP contribution in [0.5, 0.6) is 0 Å². The SMILES string of the molecule is CC(C)C(C(=O)NC(C)(C)C)N(N)C(=O)c1cc([N+](=O)[O-])ccc1Br. The van der Waals surface area contributed by atoms with Crippen molar-refractivity contribution in [3.8, 4) is 0 Å². The molecule has 0 bridgehead atoms. The van der Waals surface area contributed by atoms with Crippen LogP contribution < -0.4 is 11.2 Å². The number of nitrogens with two attached hydrogens (primary N) is 1. The molecule has 0 saturated heterocycles. The summed E-state index contributed by atoms with van der Waals surface area (Å²) in [6.07, 6.45) is 0. The van der Waals surface area contributed by atoms with E-state index in [1.165, 1.54) is 12.1 Å². The van der Waals surface area contributed by atoms with Crippen LogP contribution in [-0.4, -0.2) is 33.3 Å². The number of carbonyl (C=O) groups excluding carboxylic acids is 2. The number of nitro groups is 1. The first kappa shape index (κ1) is 21.0. The molecule has 2 amide bonds. The van der Waals surface area contributed by atoms with Crippen LogP contribution in [-0.2, 0) is 4.79 Å². The fourth-order valence-corrected chi connectivity index (χ4v) is 2.67. The molecule has 1 aromatic carbocycles. The first-order chi connectivity index (χ1) is 11.3. The van der Waals surface area contributed by atoms with Crippen LogP contribution >= 0.6 is 15.9 Å². The van der Waals surface area contributed by atoms with Crippen LogP contribution in [0, 0.1) is 16.0 Å². The van der Waals surface area contributed by atoms with E-state index in [4.69, 9.17) is 5.84 Å². The van der Waals surface area contributed by atoms with E-state index in [0.717, 1.165) is 11.1 Å². The molecule has 0 fully saturated rings. The van der Waals surface area contributed by atoms with E-state index in [-0.39, 0.29) is 23.1 Å². The maximum absolute atomic E-state index is 12.7. The molecule has 0 aliphatic rings. The van der Waals surface area contributed by atoms with Crippen molar-refractivity contribution in [1.29, 1.82) is 0 Å². The lowest BCUT2D eigenvalue weighted by molar-refractivity contribution is -0.384. The van der Waals surface area contributed by atoms with Crippen molar-refractivity contribution in [1.82, 2.24) is 10.3 Å². The molecule has 0 radical (unpaired) electrons. The summed E-state index contributed by atoms with van der Waals surface area (Å²) in [5.41, 5.74) is -0.702. The van der Waals surface area contributed by atoms with Crippen molar-refractivity contribution in [2.45, 2.75) is 46.2 Å². The van der Waals surface area contributed by atoms with Crippen molar-refractivity contribution >= 4 is 33.4 Å². The standard InChI is InChI=1S/C16H23BrN4O4/c1-9(2)13(14(22)19-16(3,4)5)20(18)15(23)11-8-10(21(24)25)6-7-12(11)17/h6-9,13H,18H2,1-5H3,(H,19,22). The predicted molar refractivity (Wildman–Crippen MR) is 97.7 cm³/mol. The summed E-state index contributed by atoms with van der Waals surface area (Å²) in [7, 11) is 0. The van der Waals surface area contributed by atoms with E-state index < -0.39 is 22.4 Å². The molecule has 0 saturated carbocycles. The Labute approximate surface area is 155 Å². The van der Waals surface area contributed by atoms with Gasteiger partial charge in [-0.25, -0.2) is 5.84 Å². The number of nitrogens with one attached hydrogen (secondary N) is 1. The summed E-state index contributed by atoms with van der Waals surface area (Å²) >= 11 is 3.19. The zero-order valence-electron chi connectivity index (χ0n) is 14.9. The lowest BCUT2D eigenvalue weighted by Crippen LogP contribution is -2.58. The van der Waals surface area contributed by atoms with Crippen LogP contribution in [0.1, 0.15) is 45.0 Å². The zero-order chi connectivity index (χ0) is 19.5. The van der Waals surface area contributed by atoms with Crippen LogP contribution in [0.25, 0.3) is 0 Å². The molecule has 0 aromatic heterocycles. The number of non-ortho nitro benzene ring substituents is 1. The summed E-state index contributed by atoms with van der Waals surface area (Å²) in [6.45, 7) is 9.00. The third-order valence-electron chi connectivity index (χ3n) is 3.32. The van der Waals surface area contributed by atoms with E-state index in [0.29, 0.717) is 4.47 Å². The van der Waals surface area contributed by atoms with E-state index >= 15 is 0 Å². The summed E-state index contributed by atoms with van der Waals surface area (Å²) in [6, 6.07) is 2.89. The first-order valence-corrected chi connectivity index (χ1v) is 8.48. The maximum Gasteiger partial charge on any atom is 0.270 e. The van der Waals surface area contributed by atoms with E-state index in [9.17, 15) is 19.7 Å². The smallest absolute Gasteiger partial charge is 0.270 e. The van der Waals surface area contributed by atoms with E-state index in [2.05, 4.69) is 21.2 Å². The minimum absolute atomic E-state index is 0.0194. The van der Waals surface area contributed by atoms with Crippen molar-refractivity contribution in [3.63, 3.8) is 0 Å². The quantitative estimate of drug-likeness (QED) is 0.332. The number of halogens is 1. The first-order valence-electron chi connectivity index (χ1n) is 7.69. The molecule has 138 valence electrons. The second kappa shape index (κ2) is 7.92. The Morgan fingerprint density at radius 1 is 1.32 bits per heavy atom. The highest BCUT2D eigenvalue weighted by Gasteiger charge is 2.34. The van der Waals surface area contributed by atoms with Crippen LogP contribution in [0.15, 0.2) is 22.7 Å². The Morgan fingerprint density at radius 3 is 2.32 bits per heavy atom. The summed E-state index contributed by atoms with van der Waals surface area (Å²) in [4.78, 5) is 35.6. The van der Waals surface area contributed by atoms with Gasteiger partial charge in [-0.15, -0.1) is 0 Å². The van der Waals surface area contributed by atoms with Crippen molar-refractivity contribution in [2.75, 3.05) is 0 Å². The van der Waals surface area contributed by atoms with Gasteiger partial charge in [-0.05, 0) is 48.7 Å². The summed E-state index contributed by atoms with van der Waals surface area (Å²) < 4.78 is 0.359. The van der Waals surface area contributed by atoms with Crippen molar-refractivity contribution < 1.29 is 14.5 Å². The highest BCUT2D eigenvalue weighted by molar-refractivity contribution is 9.10. The molecule has 1 unspecified atom stereocenters. The van der Waals surface area contributed by atoms with Gasteiger partial charge in [0, 0.05) is 22.1 Å². The Morgan fingerprint density at radius 2 is 1.88 bits per heavy atom. The number of hydrazine groups is 1. The predicted octanol–water partition coefficient (Wildman–Crippen LogP) is 2.61. The molecular weight excluding hydrogens is 392 g/mol.